The van der Waals surface area contributed by atoms with E-state index in [2.05, 4.69) is 0 Å². The molecule has 0 spiro atoms. The van der Waals surface area contributed by atoms with E-state index in [1.807, 2.05) is 0 Å². The van der Waals surface area contributed by atoms with Crippen LogP contribution in [0.25, 0.3) is 34.4 Å². The molecule has 0 fully saturated rings. The molecule has 0 unspecified atom stereocenters. The van der Waals surface area contributed by atoms with Crippen LogP contribution in [0.1, 0.15) is 16.7 Å². The number of methoxy groups -OCH3 is 1. The van der Waals surface area contributed by atoms with E-state index in [4.69, 9.17) is 9.84 Å². The fraction of sp³-hybridized carbons (Fsp3) is 0.0714. The minimum Gasteiger partial charge on any atom is -0.497 e. The van der Waals surface area contributed by atoms with E-state index in [1.54, 1.807) is 66.7 Å². The highest BCUT2D eigenvalue weighted by Gasteiger charge is 2.13. The molecule has 4 aromatic carbocycles. The van der Waals surface area contributed by atoms with Gasteiger partial charge in [-0.3, -0.25) is 0 Å². The van der Waals surface area contributed by atoms with Gasteiger partial charge in [0.1, 0.15) is 11.6 Å². The first-order chi connectivity index (χ1) is 16.0. The molecule has 0 saturated carbocycles. The van der Waals surface area contributed by atoms with Crippen LogP contribution < -0.4 is 4.74 Å². The van der Waals surface area contributed by atoms with Gasteiger partial charge in [-0.05, 0) is 34.4 Å². The van der Waals surface area contributed by atoms with Crippen molar-refractivity contribution in [3.8, 4) is 28.0 Å². The van der Waals surface area contributed by atoms with Crippen LogP contribution in [0, 0.1) is 17.5 Å². The third-order valence-corrected chi connectivity index (χ3v) is 5.41. The lowest BCUT2D eigenvalue weighted by Gasteiger charge is -2.08. The molecule has 0 saturated heterocycles. The van der Waals surface area contributed by atoms with Crippen molar-refractivity contribution >= 4 is 12.2 Å². The maximum Gasteiger partial charge on any atom is 0.167 e. The van der Waals surface area contributed by atoms with Crippen molar-refractivity contribution in [2.24, 2.45) is 0 Å². The highest BCUT2D eigenvalue weighted by atomic mass is 19.2. The Kier molecular flexibility index (Phi) is 6.61. The normalized spacial score (nSPS) is 11.2. The van der Waals surface area contributed by atoms with Crippen LogP contribution in [-0.2, 0) is 6.61 Å². The Bertz CT molecular complexity index is 1290. The Morgan fingerprint density at radius 3 is 2.00 bits per heavy atom. The van der Waals surface area contributed by atoms with E-state index < -0.39 is 11.6 Å². The number of rotatable bonds is 6. The summed E-state index contributed by atoms with van der Waals surface area (Å²) in [6.07, 6.45) is 3.17. The molecule has 33 heavy (non-hydrogen) atoms. The van der Waals surface area contributed by atoms with E-state index in [0.29, 0.717) is 28.0 Å². The van der Waals surface area contributed by atoms with Gasteiger partial charge in [0.05, 0.1) is 13.7 Å². The Morgan fingerprint density at radius 2 is 1.36 bits per heavy atom. The predicted molar refractivity (Wildman–Crippen MR) is 125 cm³/mol. The van der Waals surface area contributed by atoms with E-state index >= 15 is 0 Å². The summed E-state index contributed by atoms with van der Waals surface area (Å²) in [7, 11) is 1.48. The fourth-order valence-electron chi connectivity index (χ4n) is 3.52. The summed E-state index contributed by atoms with van der Waals surface area (Å²) in [5.41, 5.74) is 3.40. The second kappa shape index (κ2) is 9.76. The van der Waals surface area contributed by atoms with Crippen molar-refractivity contribution in [2.45, 2.75) is 6.61 Å². The SMILES string of the molecule is COc1ccc(-c2ccc(C=Cc3ccc(-c4ccc(CO)cc4)c(F)c3F)cc2)c(F)c1. The molecular formula is C28H21F3O2. The molecule has 0 aliphatic carbocycles. The lowest BCUT2D eigenvalue weighted by atomic mass is 10.0. The Morgan fingerprint density at radius 1 is 0.727 bits per heavy atom. The first kappa shape index (κ1) is 22.4. The van der Waals surface area contributed by atoms with Gasteiger partial charge in [-0.15, -0.1) is 0 Å². The number of aliphatic hydroxyl groups excluding tert-OH is 1. The molecule has 0 radical (unpaired) electrons. The molecular weight excluding hydrogens is 425 g/mol. The molecule has 5 heteroatoms. The topological polar surface area (TPSA) is 29.5 Å². The zero-order valence-corrected chi connectivity index (χ0v) is 17.9. The van der Waals surface area contributed by atoms with Crippen LogP contribution in [0.2, 0.25) is 0 Å². The molecule has 0 aliphatic rings. The average Bonchev–Trinajstić information content (AvgIpc) is 2.85. The van der Waals surface area contributed by atoms with Crippen LogP contribution in [0.5, 0.6) is 5.75 Å². The van der Waals surface area contributed by atoms with E-state index in [1.165, 1.54) is 31.4 Å². The smallest absolute Gasteiger partial charge is 0.167 e. The zero-order chi connectivity index (χ0) is 23.4. The van der Waals surface area contributed by atoms with Crippen LogP contribution in [-0.4, -0.2) is 12.2 Å². The average molecular weight is 446 g/mol. The first-order valence-corrected chi connectivity index (χ1v) is 10.3. The van der Waals surface area contributed by atoms with Crippen molar-refractivity contribution < 1.29 is 23.0 Å². The van der Waals surface area contributed by atoms with Gasteiger partial charge in [0.25, 0.3) is 0 Å². The van der Waals surface area contributed by atoms with Crippen molar-refractivity contribution in [3.63, 3.8) is 0 Å². The summed E-state index contributed by atoms with van der Waals surface area (Å²) < 4.78 is 48.7. The molecule has 1 N–H and O–H groups in total. The van der Waals surface area contributed by atoms with Gasteiger partial charge in [0, 0.05) is 22.8 Å². The van der Waals surface area contributed by atoms with Gasteiger partial charge in [0.15, 0.2) is 11.6 Å². The number of benzene rings is 4. The summed E-state index contributed by atoms with van der Waals surface area (Å²) in [5.74, 6) is -1.81. The summed E-state index contributed by atoms with van der Waals surface area (Å²) >= 11 is 0. The summed E-state index contributed by atoms with van der Waals surface area (Å²) in [6.45, 7) is -0.114. The summed E-state index contributed by atoms with van der Waals surface area (Å²) in [5, 5.41) is 9.13. The minimum absolute atomic E-state index is 0.114. The second-order valence-electron chi connectivity index (χ2n) is 7.49. The minimum atomic E-state index is -0.938. The third kappa shape index (κ3) is 4.83. The van der Waals surface area contributed by atoms with Crippen LogP contribution in [0.3, 0.4) is 0 Å². The molecule has 2 nitrogen and oxygen atoms in total. The number of aliphatic hydroxyl groups is 1. The highest BCUT2D eigenvalue weighted by Crippen LogP contribution is 2.29. The van der Waals surface area contributed by atoms with Crippen molar-refractivity contribution in [1.82, 2.24) is 0 Å². The fourth-order valence-corrected chi connectivity index (χ4v) is 3.52. The molecule has 0 aliphatic heterocycles. The Balaban J connectivity index is 1.54. The lowest BCUT2D eigenvalue weighted by Crippen LogP contribution is -1.94. The van der Waals surface area contributed by atoms with Crippen molar-refractivity contribution in [3.05, 3.63) is 113 Å². The molecule has 0 heterocycles. The largest absolute Gasteiger partial charge is 0.497 e. The van der Waals surface area contributed by atoms with Gasteiger partial charge in [-0.25, -0.2) is 13.2 Å². The number of ether oxygens (including phenoxy) is 1. The molecule has 166 valence electrons. The third-order valence-electron chi connectivity index (χ3n) is 5.41. The Labute approximate surface area is 190 Å². The molecule has 0 aromatic heterocycles. The standard InChI is InChI=1S/C28H21F3O2/c1-33-23-13-15-24(26(29)16-23)20-7-2-18(3-8-20)4-11-22-12-14-25(28(31)27(22)30)21-9-5-19(17-32)6-10-21/h2-16,32H,17H2,1H3. The molecule has 0 atom stereocenters. The molecule has 4 rings (SSSR count). The monoisotopic (exact) mass is 446 g/mol. The number of hydrogen-bond donors (Lipinski definition) is 1. The van der Waals surface area contributed by atoms with Gasteiger partial charge in [-0.1, -0.05) is 72.8 Å². The van der Waals surface area contributed by atoms with Crippen LogP contribution in [0.4, 0.5) is 13.2 Å². The van der Waals surface area contributed by atoms with Gasteiger partial charge in [-0.2, -0.15) is 0 Å². The van der Waals surface area contributed by atoms with Crippen LogP contribution >= 0.6 is 0 Å². The lowest BCUT2D eigenvalue weighted by molar-refractivity contribution is 0.282. The summed E-state index contributed by atoms with van der Waals surface area (Å²) in [4.78, 5) is 0. The second-order valence-corrected chi connectivity index (χ2v) is 7.49. The molecule has 0 amide bonds. The van der Waals surface area contributed by atoms with Crippen molar-refractivity contribution in [2.75, 3.05) is 7.11 Å². The predicted octanol–water partition coefficient (Wildman–Crippen LogP) is 7.11. The van der Waals surface area contributed by atoms with E-state index in [9.17, 15) is 13.2 Å². The first-order valence-electron chi connectivity index (χ1n) is 10.3. The number of halogens is 3. The van der Waals surface area contributed by atoms with Gasteiger partial charge >= 0.3 is 0 Å². The number of hydrogen-bond acceptors (Lipinski definition) is 2. The zero-order valence-electron chi connectivity index (χ0n) is 17.9. The van der Waals surface area contributed by atoms with Crippen LogP contribution in [0.15, 0.2) is 78.9 Å². The van der Waals surface area contributed by atoms with E-state index in [0.717, 1.165) is 5.56 Å². The maximum atomic E-state index is 14.7. The van der Waals surface area contributed by atoms with Crippen molar-refractivity contribution in [1.29, 1.82) is 0 Å². The Hall–Kier alpha value is -3.83. The van der Waals surface area contributed by atoms with Gasteiger partial charge < -0.3 is 9.84 Å². The maximum absolute atomic E-state index is 14.7. The van der Waals surface area contributed by atoms with Gasteiger partial charge in [0.2, 0.25) is 0 Å². The quantitative estimate of drug-likeness (QED) is 0.320. The highest BCUT2D eigenvalue weighted by molar-refractivity contribution is 5.74. The molecule has 4 aromatic rings. The summed E-state index contributed by atoms with van der Waals surface area (Å²) in [6, 6.07) is 21.4. The van der Waals surface area contributed by atoms with E-state index in [-0.39, 0.29) is 23.6 Å². The molecule has 0 bridgehead atoms.